The SMILES string of the molecule is Cc1ccc2c(c1)S(=O)(=O)N=C(CN1CCN(Cc3ccccc3S(C)(=O)=O)CC1)N2. The highest BCUT2D eigenvalue weighted by Gasteiger charge is 2.27. The number of amidine groups is 1. The Bertz CT molecular complexity index is 1230. The molecule has 0 bridgehead atoms. The van der Waals surface area contributed by atoms with Crippen molar-refractivity contribution in [3.8, 4) is 0 Å². The number of hydrogen-bond acceptors (Lipinski definition) is 7. The summed E-state index contributed by atoms with van der Waals surface area (Å²) in [5.74, 6) is 0.423. The molecule has 2 aromatic carbocycles. The Balaban J connectivity index is 1.39. The Kier molecular flexibility index (Phi) is 5.91. The van der Waals surface area contributed by atoms with Crippen molar-refractivity contribution in [2.45, 2.75) is 23.3 Å². The van der Waals surface area contributed by atoms with Gasteiger partial charge in [0.05, 0.1) is 17.1 Å². The molecule has 0 spiro atoms. The van der Waals surface area contributed by atoms with Gasteiger partial charge in [-0.1, -0.05) is 24.3 Å². The van der Waals surface area contributed by atoms with Gasteiger partial charge in [-0.3, -0.25) is 9.80 Å². The molecule has 0 atom stereocenters. The van der Waals surface area contributed by atoms with Gasteiger partial charge in [-0.25, -0.2) is 8.42 Å². The molecule has 0 amide bonds. The number of anilines is 1. The molecule has 166 valence electrons. The average Bonchev–Trinajstić information content (AvgIpc) is 2.69. The molecular weight excluding hydrogens is 436 g/mol. The van der Waals surface area contributed by atoms with Crippen LogP contribution in [-0.4, -0.2) is 71.5 Å². The maximum atomic E-state index is 12.5. The van der Waals surface area contributed by atoms with Crippen LogP contribution in [0.2, 0.25) is 0 Å². The highest BCUT2D eigenvalue weighted by Crippen LogP contribution is 2.28. The number of fused-ring (bicyclic) bond motifs is 1. The Labute approximate surface area is 183 Å². The summed E-state index contributed by atoms with van der Waals surface area (Å²) >= 11 is 0. The Hall–Kier alpha value is -2.27. The van der Waals surface area contributed by atoms with Crippen LogP contribution >= 0.6 is 0 Å². The van der Waals surface area contributed by atoms with Crippen LogP contribution in [0.25, 0.3) is 0 Å². The summed E-state index contributed by atoms with van der Waals surface area (Å²) in [5.41, 5.74) is 2.23. The number of piperazine rings is 1. The van der Waals surface area contributed by atoms with Crippen LogP contribution in [0.3, 0.4) is 0 Å². The molecule has 31 heavy (non-hydrogen) atoms. The Morgan fingerprint density at radius 2 is 1.65 bits per heavy atom. The van der Waals surface area contributed by atoms with E-state index in [4.69, 9.17) is 0 Å². The highest BCUT2D eigenvalue weighted by molar-refractivity contribution is 7.91. The Morgan fingerprint density at radius 1 is 1.00 bits per heavy atom. The summed E-state index contributed by atoms with van der Waals surface area (Å²) in [6, 6.07) is 12.4. The lowest BCUT2D eigenvalue weighted by Gasteiger charge is -2.35. The molecule has 10 heteroatoms. The molecule has 2 aliphatic rings. The van der Waals surface area contributed by atoms with Crippen molar-refractivity contribution in [3.05, 3.63) is 53.6 Å². The highest BCUT2D eigenvalue weighted by atomic mass is 32.2. The molecule has 2 aliphatic heterocycles. The fraction of sp³-hybridized carbons (Fsp3) is 0.381. The quantitative estimate of drug-likeness (QED) is 0.722. The molecule has 0 aliphatic carbocycles. The number of hydrogen-bond donors (Lipinski definition) is 1. The predicted octanol–water partition coefficient (Wildman–Crippen LogP) is 1.73. The average molecular weight is 463 g/mol. The van der Waals surface area contributed by atoms with Crippen LogP contribution < -0.4 is 5.32 Å². The zero-order chi connectivity index (χ0) is 22.2. The van der Waals surface area contributed by atoms with Gasteiger partial charge in [-0.2, -0.15) is 8.42 Å². The first-order chi connectivity index (χ1) is 14.6. The van der Waals surface area contributed by atoms with Crippen LogP contribution in [0.1, 0.15) is 11.1 Å². The second-order valence-corrected chi connectivity index (χ2v) is 11.6. The van der Waals surface area contributed by atoms with E-state index in [0.29, 0.717) is 29.5 Å². The molecule has 2 aromatic rings. The third-order valence-electron chi connectivity index (χ3n) is 5.53. The minimum Gasteiger partial charge on any atom is -0.341 e. The topological polar surface area (TPSA) is 99.2 Å². The zero-order valence-corrected chi connectivity index (χ0v) is 19.2. The first-order valence-corrected chi connectivity index (χ1v) is 13.4. The number of sulfonamides is 1. The molecule has 1 saturated heterocycles. The number of benzene rings is 2. The second kappa shape index (κ2) is 8.34. The van der Waals surface area contributed by atoms with Gasteiger partial charge in [0.15, 0.2) is 9.84 Å². The summed E-state index contributed by atoms with van der Waals surface area (Å²) in [4.78, 5) is 4.95. The summed E-state index contributed by atoms with van der Waals surface area (Å²) in [6.45, 7) is 5.83. The number of rotatable bonds is 5. The molecule has 1 fully saturated rings. The summed E-state index contributed by atoms with van der Waals surface area (Å²) in [7, 11) is -6.97. The molecule has 0 unspecified atom stereocenters. The summed E-state index contributed by atoms with van der Waals surface area (Å²) < 4.78 is 53.1. The fourth-order valence-electron chi connectivity index (χ4n) is 3.94. The van der Waals surface area contributed by atoms with Crippen molar-refractivity contribution in [1.82, 2.24) is 9.80 Å². The maximum absolute atomic E-state index is 12.5. The molecule has 0 saturated carbocycles. The number of nitrogens with zero attached hydrogens (tertiary/aromatic N) is 3. The summed E-state index contributed by atoms with van der Waals surface area (Å²) in [6.07, 6.45) is 1.23. The van der Waals surface area contributed by atoms with E-state index < -0.39 is 19.9 Å². The van der Waals surface area contributed by atoms with Gasteiger partial charge in [0, 0.05) is 39.0 Å². The van der Waals surface area contributed by atoms with Gasteiger partial charge >= 0.3 is 0 Å². The zero-order valence-electron chi connectivity index (χ0n) is 17.6. The van der Waals surface area contributed by atoms with Crippen LogP contribution in [0, 0.1) is 6.92 Å². The minimum atomic E-state index is -3.70. The van der Waals surface area contributed by atoms with E-state index in [2.05, 4.69) is 19.5 Å². The van der Waals surface area contributed by atoms with Crippen molar-refractivity contribution in [2.75, 3.05) is 44.3 Å². The van der Waals surface area contributed by atoms with Crippen LogP contribution in [0.4, 0.5) is 5.69 Å². The number of sulfone groups is 1. The number of aryl methyl sites for hydroxylation is 1. The van der Waals surface area contributed by atoms with E-state index in [1.54, 1.807) is 24.3 Å². The standard InChI is InChI=1S/C21H26N4O4S2/c1-16-7-8-18-20(13-16)31(28,29)23-21(22-18)15-25-11-9-24(10-12-25)14-17-5-3-4-6-19(17)30(2,26)27/h3-8,13H,9-12,14-15H2,1-2H3,(H,22,23). The van der Waals surface area contributed by atoms with Crippen LogP contribution in [0.15, 0.2) is 56.7 Å². The third-order valence-corrected chi connectivity index (χ3v) is 8.08. The number of nitrogens with one attached hydrogen (secondary N) is 1. The molecule has 8 nitrogen and oxygen atoms in total. The van der Waals surface area contributed by atoms with E-state index in [0.717, 1.165) is 37.3 Å². The largest absolute Gasteiger partial charge is 0.341 e. The lowest BCUT2D eigenvalue weighted by molar-refractivity contribution is 0.139. The second-order valence-electron chi connectivity index (χ2n) is 8.07. The molecule has 0 radical (unpaired) electrons. The van der Waals surface area contributed by atoms with Gasteiger partial charge in [0.1, 0.15) is 10.7 Å². The van der Waals surface area contributed by atoms with E-state index in [9.17, 15) is 16.8 Å². The van der Waals surface area contributed by atoms with Crippen molar-refractivity contribution >= 4 is 31.4 Å². The normalized spacial score (nSPS) is 19.4. The van der Waals surface area contributed by atoms with Crippen molar-refractivity contribution in [2.24, 2.45) is 4.40 Å². The van der Waals surface area contributed by atoms with Gasteiger partial charge in [-0.05, 0) is 36.2 Å². The smallest absolute Gasteiger partial charge is 0.286 e. The molecule has 1 N–H and O–H groups in total. The maximum Gasteiger partial charge on any atom is 0.286 e. The van der Waals surface area contributed by atoms with E-state index in [1.165, 1.54) is 6.26 Å². The lowest BCUT2D eigenvalue weighted by atomic mass is 10.2. The summed E-state index contributed by atoms with van der Waals surface area (Å²) in [5, 5.41) is 3.15. The lowest BCUT2D eigenvalue weighted by Crippen LogP contribution is -2.48. The van der Waals surface area contributed by atoms with Gasteiger partial charge in [0.25, 0.3) is 10.0 Å². The van der Waals surface area contributed by atoms with Crippen molar-refractivity contribution in [1.29, 1.82) is 0 Å². The minimum absolute atomic E-state index is 0.214. The fourth-order valence-corrected chi connectivity index (χ4v) is 6.10. The van der Waals surface area contributed by atoms with E-state index in [-0.39, 0.29) is 4.90 Å². The van der Waals surface area contributed by atoms with Gasteiger partial charge in [0.2, 0.25) is 0 Å². The monoisotopic (exact) mass is 462 g/mol. The van der Waals surface area contributed by atoms with Gasteiger partial charge in [-0.15, -0.1) is 4.40 Å². The van der Waals surface area contributed by atoms with E-state index in [1.807, 2.05) is 25.1 Å². The Morgan fingerprint density at radius 3 is 2.32 bits per heavy atom. The molecular formula is C21H26N4O4S2. The van der Waals surface area contributed by atoms with Crippen LogP contribution in [-0.2, 0) is 26.4 Å². The van der Waals surface area contributed by atoms with Crippen molar-refractivity contribution < 1.29 is 16.8 Å². The molecule has 2 heterocycles. The third kappa shape index (κ3) is 4.98. The van der Waals surface area contributed by atoms with E-state index >= 15 is 0 Å². The first kappa shape index (κ1) is 21.9. The van der Waals surface area contributed by atoms with Crippen molar-refractivity contribution in [3.63, 3.8) is 0 Å². The molecule has 4 rings (SSSR count). The molecule has 0 aromatic heterocycles. The predicted molar refractivity (Wildman–Crippen MR) is 121 cm³/mol. The van der Waals surface area contributed by atoms with Crippen LogP contribution in [0.5, 0.6) is 0 Å². The van der Waals surface area contributed by atoms with Gasteiger partial charge < -0.3 is 5.32 Å². The first-order valence-electron chi connectivity index (χ1n) is 10.1.